The molecule has 0 aromatic heterocycles. The Labute approximate surface area is 108 Å². The molecular formula is C16H18O2. The van der Waals surface area contributed by atoms with Crippen LogP contribution in [0.5, 0.6) is 5.75 Å². The second-order valence-corrected chi connectivity index (χ2v) is 4.85. The molecule has 0 amide bonds. The predicted octanol–water partition coefficient (Wildman–Crippen LogP) is 3.15. The van der Waals surface area contributed by atoms with E-state index in [1.165, 1.54) is 5.56 Å². The van der Waals surface area contributed by atoms with Gasteiger partial charge >= 0.3 is 0 Å². The number of carbonyl (C=O) groups is 1. The molecule has 94 valence electrons. The molecule has 0 N–H and O–H groups in total. The van der Waals surface area contributed by atoms with Crippen molar-refractivity contribution in [3.63, 3.8) is 0 Å². The molecule has 0 saturated heterocycles. The Bertz CT molecular complexity index is 462. The highest BCUT2D eigenvalue weighted by atomic mass is 16.5. The lowest BCUT2D eigenvalue weighted by atomic mass is 9.79. The Morgan fingerprint density at radius 3 is 2.61 bits per heavy atom. The molecule has 0 unspecified atom stereocenters. The summed E-state index contributed by atoms with van der Waals surface area (Å²) < 4.78 is 5.22. The van der Waals surface area contributed by atoms with E-state index in [-0.39, 0.29) is 5.92 Å². The van der Waals surface area contributed by atoms with Gasteiger partial charge in [0.15, 0.2) is 0 Å². The molecule has 2 rings (SSSR count). The second-order valence-electron chi connectivity index (χ2n) is 4.85. The van der Waals surface area contributed by atoms with E-state index in [9.17, 15) is 4.79 Å². The molecule has 0 atom stereocenters. The van der Waals surface area contributed by atoms with Crippen molar-refractivity contribution >= 4 is 6.29 Å². The number of hydrogen-bond donors (Lipinski definition) is 0. The third-order valence-electron chi connectivity index (χ3n) is 3.81. The van der Waals surface area contributed by atoms with Crippen molar-refractivity contribution in [2.24, 2.45) is 5.92 Å². The summed E-state index contributed by atoms with van der Waals surface area (Å²) in [5, 5.41) is 0. The topological polar surface area (TPSA) is 26.3 Å². The lowest BCUT2D eigenvalue weighted by molar-refractivity contribution is -0.111. The van der Waals surface area contributed by atoms with E-state index in [0.717, 1.165) is 43.3 Å². The summed E-state index contributed by atoms with van der Waals surface area (Å²) >= 11 is 0. The Morgan fingerprint density at radius 2 is 2.06 bits per heavy atom. The van der Waals surface area contributed by atoms with Crippen molar-refractivity contribution in [2.75, 3.05) is 7.11 Å². The molecule has 1 fully saturated rings. The van der Waals surface area contributed by atoms with E-state index in [1.54, 1.807) is 7.11 Å². The Balaban J connectivity index is 2.15. The summed E-state index contributed by atoms with van der Waals surface area (Å²) in [7, 11) is 1.63. The number of ether oxygens (including phenoxy) is 1. The summed E-state index contributed by atoms with van der Waals surface area (Å²) in [5.74, 6) is 4.20. The van der Waals surface area contributed by atoms with Crippen LogP contribution in [0, 0.1) is 18.3 Å². The zero-order valence-corrected chi connectivity index (χ0v) is 10.7. The van der Waals surface area contributed by atoms with E-state index in [2.05, 4.69) is 12.0 Å². The molecule has 2 nitrogen and oxygen atoms in total. The highest BCUT2D eigenvalue weighted by molar-refractivity contribution is 5.54. The van der Waals surface area contributed by atoms with Crippen LogP contribution in [-0.4, -0.2) is 13.4 Å². The molecule has 18 heavy (non-hydrogen) atoms. The fourth-order valence-electron chi connectivity index (χ4n) is 2.68. The molecule has 0 aliphatic heterocycles. The molecule has 1 aliphatic carbocycles. The third kappa shape index (κ3) is 2.56. The Morgan fingerprint density at radius 1 is 1.33 bits per heavy atom. The van der Waals surface area contributed by atoms with Crippen LogP contribution in [0.1, 0.15) is 42.7 Å². The van der Waals surface area contributed by atoms with Crippen molar-refractivity contribution < 1.29 is 9.53 Å². The fourth-order valence-corrected chi connectivity index (χ4v) is 2.68. The molecular weight excluding hydrogens is 224 g/mol. The van der Waals surface area contributed by atoms with E-state index >= 15 is 0 Å². The Kier molecular flexibility index (Phi) is 4.04. The first-order valence-corrected chi connectivity index (χ1v) is 6.38. The first-order valence-electron chi connectivity index (χ1n) is 6.38. The lowest BCUT2D eigenvalue weighted by Crippen LogP contribution is -2.14. The number of terminal acetylenes is 1. The van der Waals surface area contributed by atoms with Crippen molar-refractivity contribution in [2.45, 2.75) is 31.6 Å². The maximum Gasteiger partial charge on any atom is 0.134 e. The van der Waals surface area contributed by atoms with Crippen LogP contribution < -0.4 is 4.74 Å². The summed E-state index contributed by atoms with van der Waals surface area (Å²) in [4.78, 5) is 10.7. The molecule has 1 aliphatic rings. The molecule has 0 radical (unpaired) electrons. The molecule has 0 bridgehead atoms. The van der Waals surface area contributed by atoms with Gasteiger partial charge in [0.25, 0.3) is 0 Å². The van der Waals surface area contributed by atoms with Gasteiger partial charge in [-0.05, 0) is 49.3 Å². The normalized spacial score (nSPS) is 23.1. The SMILES string of the molecule is C#Cc1cc(C2CCC(C=O)CC2)ccc1OC. The zero-order valence-electron chi connectivity index (χ0n) is 10.7. The number of rotatable bonds is 3. The molecule has 0 heterocycles. The second kappa shape index (κ2) is 5.73. The minimum Gasteiger partial charge on any atom is -0.495 e. The fraction of sp³-hybridized carbons (Fsp3) is 0.438. The zero-order chi connectivity index (χ0) is 13.0. The van der Waals surface area contributed by atoms with E-state index in [1.807, 2.05) is 12.1 Å². The van der Waals surface area contributed by atoms with E-state index < -0.39 is 0 Å². The van der Waals surface area contributed by atoms with Gasteiger partial charge < -0.3 is 9.53 Å². The maximum atomic E-state index is 10.7. The van der Waals surface area contributed by atoms with Gasteiger partial charge in [-0.25, -0.2) is 0 Å². The van der Waals surface area contributed by atoms with Gasteiger partial charge in [0, 0.05) is 5.92 Å². The molecule has 1 aromatic carbocycles. The minimum atomic E-state index is 0.256. The number of hydrogen-bond acceptors (Lipinski definition) is 2. The first-order chi connectivity index (χ1) is 8.78. The number of aldehydes is 1. The monoisotopic (exact) mass is 242 g/mol. The van der Waals surface area contributed by atoms with Crippen LogP contribution in [0.25, 0.3) is 0 Å². The summed E-state index contributed by atoms with van der Waals surface area (Å²) in [6, 6.07) is 6.08. The number of carbonyl (C=O) groups excluding carboxylic acids is 1. The van der Waals surface area contributed by atoms with Crippen LogP contribution in [0.4, 0.5) is 0 Å². The quantitative estimate of drug-likeness (QED) is 0.601. The van der Waals surface area contributed by atoms with Crippen LogP contribution in [0.2, 0.25) is 0 Å². The van der Waals surface area contributed by atoms with Crippen LogP contribution >= 0.6 is 0 Å². The predicted molar refractivity (Wildman–Crippen MR) is 71.7 cm³/mol. The highest BCUT2D eigenvalue weighted by Gasteiger charge is 2.22. The largest absolute Gasteiger partial charge is 0.495 e. The third-order valence-corrected chi connectivity index (χ3v) is 3.81. The van der Waals surface area contributed by atoms with Gasteiger partial charge in [-0.15, -0.1) is 6.42 Å². The number of benzene rings is 1. The summed E-state index contributed by atoms with van der Waals surface area (Å²) in [6.07, 6.45) is 10.7. The van der Waals surface area contributed by atoms with Gasteiger partial charge in [0.05, 0.1) is 12.7 Å². The molecule has 1 aromatic rings. The van der Waals surface area contributed by atoms with Crippen LogP contribution in [0.15, 0.2) is 18.2 Å². The van der Waals surface area contributed by atoms with Gasteiger partial charge in [-0.1, -0.05) is 12.0 Å². The molecule has 1 saturated carbocycles. The lowest BCUT2D eigenvalue weighted by Gasteiger charge is -2.26. The summed E-state index contributed by atoms with van der Waals surface area (Å²) in [6.45, 7) is 0. The van der Waals surface area contributed by atoms with Crippen molar-refractivity contribution in [3.05, 3.63) is 29.3 Å². The highest BCUT2D eigenvalue weighted by Crippen LogP contribution is 2.36. The standard InChI is InChI=1S/C16H18O2/c1-3-13-10-15(8-9-16(13)18-2)14-6-4-12(11-17)5-7-14/h1,8-12,14H,4-7H2,2H3. The van der Waals surface area contributed by atoms with Gasteiger partial charge in [0.1, 0.15) is 12.0 Å². The molecule has 2 heteroatoms. The smallest absolute Gasteiger partial charge is 0.134 e. The number of methoxy groups -OCH3 is 1. The van der Waals surface area contributed by atoms with Gasteiger partial charge in [0.2, 0.25) is 0 Å². The Hall–Kier alpha value is -1.75. The maximum absolute atomic E-state index is 10.7. The van der Waals surface area contributed by atoms with Crippen LogP contribution in [0.3, 0.4) is 0 Å². The van der Waals surface area contributed by atoms with E-state index in [0.29, 0.717) is 5.92 Å². The van der Waals surface area contributed by atoms with Gasteiger partial charge in [-0.2, -0.15) is 0 Å². The first kappa shape index (κ1) is 12.7. The van der Waals surface area contributed by atoms with Crippen molar-refractivity contribution in [1.29, 1.82) is 0 Å². The molecule has 0 spiro atoms. The van der Waals surface area contributed by atoms with Gasteiger partial charge in [-0.3, -0.25) is 0 Å². The van der Waals surface area contributed by atoms with Crippen molar-refractivity contribution in [3.8, 4) is 18.1 Å². The van der Waals surface area contributed by atoms with Crippen molar-refractivity contribution in [1.82, 2.24) is 0 Å². The van der Waals surface area contributed by atoms with E-state index in [4.69, 9.17) is 11.2 Å². The van der Waals surface area contributed by atoms with Crippen LogP contribution in [-0.2, 0) is 4.79 Å². The minimum absolute atomic E-state index is 0.256. The average Bonchev–Trinajstić information content (AvgIpc) is 2.46. The summed E-state index contributed by atoms with van der Waals surface area (Å²) in [5.41, 5.74) is 2.08. The average molecular weight is 242 g/mol.